The molecule has 0 saturated heterocycles. The van der Waals surface area contributed by atoms with E-state index in [1.807, 2.05) is 13.8 Å². The lowest BCUT2D eigenvalue weighted by Gasteiger charge is -2.05. The molecule has 0 atom stereocenters. The van der Waals surface area contributed by atoms with Crippen molar-refractivity contribution in [1.29, 1.82) is 0 Å². The molecule has 0 heterocycles. The van der Waals surface area contributed by atoms with Gasteiger partial charge >= 0.3 is 0 Å². The Kier molecular flexibility index (Phi) is 3.13. The van der Waals surface area contributed by atoms with E-state index in [4.69, 9.17) is 11.5 Å². The summed E-state index contributed by atoms with van der Waals surface area (Å²) in [6, 6.07) is 4.10. The normalized spacial score (nSPS) is 9.77. The maximum absolute atomic E-state index is 5.33. The van der Waals surface area contributed by atoms with Gasteiger partial charge in [-0.25, -0.2) is 4.99 Å². The molecule has 0 fully saturated rings. The van der Waals surface area contributed by atoms with Crippen LogP contribution in [0.3, 0.4) is 0 Å². The van der Waals surface area contributed by atoms with Crippen LogP contribution in [0.1, 0.15) is 11.1 Å². The van der Waals surface area contributed by atoms with Gasteiger partial charge in [-0.2, -0.15) is 0 Å². The topological polar surface area (TPSA) is 64.4 Å². The van der Waals surface area contributed by atoms with Crippen LogP contribution in [-0.2, 0) is 0 Å². The second-order valence-corrected chi connectivity index (χ2v) is 4.17. The molecule has 0 aliphatic carbocycles. The second-order valence-electron chi connectivity index (χ2n) is 2.92. The highest BCUT2D eigenvalue weighted by atomic mass is 127. The summed E-state index contributed by atoms with van der Waals surface area (Å²) in [6.07, 6.45) is 0. The maximum Gasteiger partial charge on any atom is 0.191 e. The number of nitrogens with zero attached hydrogens (tertiary/aromatic N) is 1. The predicted molar refractivity (Wildman–Crippen MR) is 64.1 cm³/mol. The average molecular weight is 289 g/mol. The van der Waals surface area contributed by atoms with Gasteiger partial charge in [0.1, 0.15) is 0 Å². The molecular formula is C9H12IN3. The van der Waals surface area contributed by atoms with Gasteiger partial charge in [0, 0.05) is 3.57 Å². The molecule has 0 amide bonds. The fourth-order valence-electron chi connectivity index (χ4n) is 1.21. The molecule has 0 bridgehead atoms. The van der Waals surface area contributed by atoms with Crippen LogP contribution in [0.5, 0.6) is 0 Å². The monoisotopic (exact) mass is 289 g/mol. The number of rotatable bonds is 1. The van der Waals surface area contributed by atoms with Gasteiger partial charge in [0.25, 0.3) is 0 Å². The molecule has 4 heteroatoms. The molecule has 0 radical (unpaired) electrons. The van der Waals surface area contributed by atoms with E-state index in [9.17, 15) is 0 Å². The van der Waals surface area contributed by atoms with Crippen molar-refractivity contribution >= 4 is 34.2 Å². The Morgan fingerprint density at radius 2 is 1.69 bits per heavy atom. The molecule has 0 unspecified atom stereocenters. The van der Waals surface area contributed by atoms with Crippen LogP contribution >= 0.6 is 22.6 Å². The van der Waals surface area contributed by atoms with Crippen molar-refractivity contribution in [3.8, 4) is 0 Å². The van der Waals surface area contributed by atoms with Gasteiger partial charge in [-0.3, -0.25) is 0 Å². The van der Waals surface area contributed by atoms with Crippen LogP contribution in [0.4, 0.5) is 5.69 Å². The minimum absolute atomic E-state index is 0.104. The Balaban J connectivity index is 3.29. The van der Waals surface area contributed by atoms with Crippen LogP contribution in [0.25, 0.3) is 0 Å². The third kappa shape index (κ3) is 2.58. The molecular weight excluding hydrogens is 277 g/mol. The smallest absolute Gasteiger partial charge is 0.191 e. The molecule has 4 N–H and O–H groups in total. The zero-order chi connectivity index (χ0) is 10.0. The minimum atomic E-state index is 0.104. The summed E-state index contributed by atoms with van der Waals surface area (Å²) in [5, 5.41) is 0. The number of guanidine groups is 1. The molecule has 0 aromatic heterocycles. The fraction of sp³-hybridized carbons (Fsp3) is 0.222. The highest BCUT2D eigenvalue weighted by molar-refractivity contribution is 14.1. The lowest BCUT2D eigenvalue weighted by Crippen LogP contribution is -2.22. The Labute approximate surface area is 91.4 Å². The first-order chi connectivity index (χ1) is 6.00. The van der Waals surface area contributed by atoms with E-state index in [1.165, 1.54) is 3.57 Å². The predicted octanol–water partition coefficient (Wildman–Crippen LogP) is 1.81. The molecule has 0 spiro atoms. The summed E-state index contributed by atoms with van der Waals surface area (Å²) in [4.78, 5) is 4.07. The van der Waals surface area contributed by atoms with Crippen molar-refractivity contribution in [2.75, 3.05) is 0 Å². The lowest BCUT2D eigenvalue weighted by molar-refractivity contribution is 1.29. The molecule has 1 rings (SSSR count). The standard InChI is InChI=1S/C9H12IN3/c1-5-3-7(10)4-6(2)8(5)13-9(11)12/h3-4H,1-2H3,(H4,11,12,13). The van der Waals surface area contributed by atoms with Gasteiger partial charge in [-0.05, 0) is 59.7 Å². The van der Waals surface area contributed by atoms with E-state index < -0.39 is 0 Å². The summed E-state index contributed by atoms with van der Waals surface area (Å²) < 4.78 is 1.20. The van der Waals surface area contributed by atoms with Crippen LogP contribution in [0, 0.1) is 17.4 Å². The van der Waals surface area contributed by atoms with Crippen LogP contribution in [0.15, 0.2) is 17.1 Å². The van der Waals surface area contributed by atoms with Gasteiger partial charge in [-0.15, -0.1) is 0 Å². The van der Waals surface area contributed by atoms with E-state index in [0.717, 1.165) is 16.8 Å². The fourth-order valence-corrected chi connectivity index (χ4v) is 2.14. The molecule has 1 aromatic rings. The number of aryl methyl sites for hydroxylation is 2. The first-order valence-corrected chi connectivity index (χ1v) is 4.95. The third-order valence-corrected chi connectivity index (χ3v) is 2.32. The number of hydrogen-bond acceptors (Lipinski definition) is 1. The average Bonchev–Trinajstić information content (AvgIpc) is 1.96. The highest BCUT2D eigenvalue weighted by Gasteiger charge is 2.02. The van der Waals surface area contributed by atoms with Gasteiger partial charge < -0.3 is 11.5 Å². The van der Waals surface area contributed by atoms with Crippen LogP contribution in [-0.4, -0.2) is 5.96 Å². The van der Waals surface area contributed by atoms with E-state index >= 15 is 0 Å². The van der Waals surface area contributed by atoms with Crippen molar-refractivity contribution in [2.24, 2.45) is 16.5 Å². The van der Waals surface area contributed by atoms with Gasteiger partial charge in [0.2, 0.25) is 0 Å². The van der Waals surface area contributed by atoms with Crippen molar-refractivity contribution < 1.29 is 0 Å². The largest absolute Gasteiger partial charge is 0.370 e. The number of benzene rings is 1. The molecule has 70 valence electrons. The van der Waals surface area contributed by atoms with Crippen molar-refractivity contribution in [3.05, 3.63) is 26.8 Å². The van der Waals surface area contributed by atoms with Gasteiger partial charge in [-0.1, -0.05) is 0 Å². The third-order valence-electron chi connectivity index (χ3n) is 1.70. The van der Waals surface area contributed by atoms with Gasteiger partial charge in [0.05, 0.1) is 5.69 Å². The zero-order valence-corrected chi connectivity index (χ0v) is 9.79. The van der Waals surface area contributed by atoms with Gasteiger partial charge in [0.15, 0.2) is 5.96 Å². The molecule has 0 saturated carbocycles. The first-order valence-electron chi connectivity index (χ1n) is 3.87. The SMILES string of the molecule is Cc1cc(I)cc(C)c1N=C(N)N. The highest BCUT2D eigenvalue weighted by Crippen LogP contribution is 2.25. The number of nitrogens with two attached hydrogens (primary N) is 2. The number of hydrogen-bond donors (Lipinski definition) is 2. The Hall–Kier alpha value is -0.780. The molecule has 1 aromatic carbocycles. The molecule has 13 heavy (non-hydrogen) atoms. The molecule has 0 aliphatic rings. The molecule has 3 nitrogen and oxygen atoms in total. The van der Waals surface area contributed by atoms with Crippen molar-refractivity contribution in [3.63, 3.8) is 0 Å². The zero-order valence-electron chi connectivity index (χ0n) is 7.63. The number of aliphatic imine (C=N–C) groups is 1. The van der Waals surface area contributed by atoms with Crippen LogP contribution < -0.4 is 11.5 Å². The summed E-state index contributed by atoms with van der Waals surface area (Å²) in [7, 11) is 0. The molecule has 0 aliphatic heterocycles. The van der Waals surface area contributed by atoms with Crippen molar-refractivity contribution in [1.82, 2.24) is 0 Å². The van der Waals surface area contributed by atoms with E-state index in [2.05, 4.69) is 39.7 Å². The Morgan fingerprint density at radius 3 is 2.08 bits per heavy atom. The summed E-state index contributed by atoms with van der Waals surface area (Å²) in [5.41, 5.74) is 13.7. The minimum Gasteiger partial charge on any atom is -0.370 e. The number of halogens is 1. The van der Waals surface area contributed by atoms with E-state index in [1.54, 1.807) is 0 Å². The Morgan fingerprint density at radius 1 is 1.23 bits per heavy atom. The second kappa shape index (κ2) is 3.95. The Bertz CT molecular complexity index is 331. The quantitative estimate of drug-likeness (QED) is 0.470. The van der Waals surface area contributed by atoms with E-state index in [-0.39, 0.29) is 5.96 Å². The summed E-state index contributed by atoms with van der Waals surface area (Å²) >= 11 is 2.27. The summed E-state index contributed by atoms with van der Waals surface area (Å²) in [5.74, 6) is 0.104. The maximum atomic E-state index is 5.33. The van der Waals surface area contributed by atoms with E-state index in [0.29, 0.717) is 0 Å². The summed E-state index contributed by atoms with van der Waals surface area (Å²) in [6.45, 7) is 3.99. The van der Waals surface area contributed by atoms with Crippen LogP contribution in [0.2, 0.25) is 0 Å². The lowest BCUT2D eigenvalue weighted by atomic mass is 10.1. The van der Waals surface area contributed by atoms with Crippen molar-refractivity contribution in [2.45, 2.75) is 13.8 Å². The first kappa shape index (κ1) is 10.3.